The van der Waals surface area contributed by atoms with Gasteiger partial charge in [0.1, 0.15) is 11.9 Å². The van der Waals surface area contributed by atoms with Crippen LogP contribution in [0, 0.1) is 5.82 Å². The Kier molecular flexibility index (Phi) is 10.5. The molecule has 0 aromatic heterocycles. The first kappa shape index (κ1) is 27.1. The van der Waals surface area contributed by atoms with Gasteiger partial charge in [-0.15, -0.1) is 11.8 Å². The number of amides is 2. The summed E-state index contributed by atoms with van der Waals surface area (Å²) in [6.07, 6.45) is 0.368. The van der Waals surface area contributed by atoms with Crippen LogP contribution in [0.15, 0.2) is 72.8 Å². The van der Waals surface area contributed by atoms with Crippen molar-refractivity contribution >= 4 is 46.8 Å². The molecule has 8 heteroatoms. The molecule has 2 amide bonds. The maximum absolute atomic E-state index is 13.5. The molecular weight excluding hydrogens is 506 g/mol. The lowest BCUT2D eigenvalue weighted by atomic mass is 10.0. The lowest BCUT2D eigenvalue weighted by Gasteiger charge is -2.31. The lowest BCUT2D eigenvalue weighted by Crippen LogP contribution is -2.51. The summed E-state index contributed by atoms with van der Waals surface area (Å²) in [4.78, 5) is 28.2. The average molecular weight is 533 g/mol. The van der Waals surface area contributed by atoms with Gasteiger partial charge in [0.25, 0.3) is 0 Å². The van der Waals surface area contributed by atoms with Crippen LogP contribution in [-0.4, -0.2) is 35.1 Å². The van der Waals surface area contributed by atoms with Gasteiger partial charge < -0.3 is 10.2 Å². The summed E-state index contributed by atoms with van der Waals surface area (Å²) >= 11 is 13.7. The van der Waals surface area contributed by atoms with E-state index in [0.717, 1.165) is 16.7 Å². The molecule has 0 aliphatic rings. The molecule has 3 aromatic carbocycles. The SMILES string of the molecule is CCNC(=O)C(Cc1ccccc1)N(Cc1ccc(F)cc1)C(=O)CSCc1ccc(Cl)cc1Cl. The minimum atomic E-state index is -0.713. The minimum absolute atomic E-state index is 0.158. The Hall–Kier alpha value is -2.54. The predicted octanol–water partition coefficient (Wildman–Crippen LogP) is 6.14. The third-order valence-corrected chi connectivity index (χ3v) is 6.94. The van der Waals surface area contributed by atoms with Crippen LogP contribution < -0.4 is 5.32 Å². The Balaban J connectivity index is 1.82. The van der Waals surface area contributed by atoms with E-state index >= 15 is 0 Å². The summed E-state index contributed by atoms with van der Waals surface area (Å²) in [6, 6.07) is 20.1. The molecule has 0 saturated heterocycles. The molecule has 1 unspecified atom stereocenters. The molecule has 35 heavy (non-hydrogen) atoms. The van der Waals surface area contributed by atoms with Gasteiger partial charge >= 0.3 is 0 Å². The Morgan fingerprint density at radius 3 is 2.37 bits per heavy atom. The highest BCUT2D eigenvalue weighted by atomic mass is 35.5. The van der Waals surface area contributed by atoms with Crippen LogP contribution in [0.5, 0.6) is 0 Å². The second-order valence-electron chi connectivity index (χ2n) is 7.98. The monoisotopic (exact) mass is 532 g/mol. The van der Waals surface area contributed by atoms with Gasteiger partial charge in [0.2, 0.25) is 11.8 Å². The first-order valence-corrected chi connectivity index (χ1v) is 13.2. The zero-order valence-electron chi connectivity index (χ0n) is 19.3. The number of hydrogen-bond donors (Lipinski definition) is 1. The largest absolute Gasteiger partial charge is 0.355 e. The Morgan fingerprint density at radius 1 is 1.00 bits per heavy atom. The van der Waals surface area contributed by atoms with Gasteiger partial charge in [0, 0.05) is 35.3 Å². The fourth-order valence-electron chi connectivity index (χ4n) is 3.60. The van der Waals surface area contributed by atoms with Crippen molar-refractivity contribution in [3.63, 3.8) is 0 Å². The Labute approximate surface area is 219 Å². The molecule has 4 nitrogen and oxygen atoms in total. The van der Waals surface area contributed by atoms with E-state index in [1.165, 1.54) is 23.9 Å². The van der Waals surface area contributed by atoms with E-state index < -0.39 is 6.04 Å². The number of thioether (sulfide) groups is 1. The molecule has 184 valence electrons. The number of carbonyl (C=O) groups excluding carboxylic acids is 2. The highest BCUT2D eigenvalue weighted by Crippen LogP contribution is 2.25. The fourth-order valence-corrected chi connectivity index (χ4v) is 5.07. The van der Waals surface area contributed by atoms with Gasteiger partial charge in [0.05, 0.1) is 5.75 Å². The summed E-state index contributed by atoms with van der Waals surface area (Å²) < 4.78 is 13.5. The number of hydrogen-bond acceptors (Lipinski definition) is 3. The van der Waals surface area contributed by atoms with Crippen molar-refractivity contribution in [1.82, 2.24) is 10.2 Å². The molecule has 0 heterocycles. The third kappa shape index (κ3) is 8.27. The summed E-state index contributed by atoms with van der Waals surface area (Å²) in [5.41, 5.74) is 2.57. The molecule has 0 bridgehead atoms. The maximum atomic E-state index is 13.5. The van der Waals surface area contributed by atoms with Crippen molar-refractivity contribution in [2.24, 2.45) is 0 Å². The zero-order valence-corrected chi connectivity index (χ0v) is 21.7. The smallest absolute Gasteiger partial charge is 0.243 e. The van der Waals surface area contributed by atoms with E-state index in [2.05, 4.69) is 5.32 Å². The Bertz CT molecular complexity index is 1130. The first-order valence-electron chi connectivity index (χ1n) is 11.2. The number of nitrogens with one attached hydrogen (secondary N) is 1. The molecule has 3 rings (SSSR count). The van der Waals surface area contributed by atoms with Gasteiger partial charge in [-0.2, -0.15) is 0 Å². The van der Waals surface area contributed by atoms with Crippen LogP contribution in [0.2, 0.25) is 10.0 Å². The second kappa shape index (κ2) is 13.5. The molecule has 0 saturated carbocycles. The first-order chi connectivity index (χ1) is 16.9. The standard InChI is InChI=1S/C27H27Cl2FN2O2S/c1-2-31-27(34)25(14-19-6-4-3-5-7-19)32(16-20-8-12-23(30)13-9-20)26(33)18-35-17-21-10-11-22(28)15-24(21)29/h3-13,15,25H,2,14,16-18H2,1H3,(H,31,34). The number of likely N-dealkylation sites (N-methyl/N-ethyl adjacent to an activating group) is 1. The zero-order chi connectivity index (χ0) is 25.2. The molecule has 3 aromatic rings. The maximum Gasteiger partial charge on any atom is 0.243 e. The minimum Gasteiger partial charge on any atom is -0.355 e. The van der Waals surface area contributed by atoms with E-state index in [9.17, 15) is 14.0 Å². The van der Waals surface area contributed by atoms with Crippen molar-refractivity contribution in [3.05, 3.63) is 105 Å². The van der Waals surface area contributed by atoms with Crippen molar-refractivity contribution in [2.75, 3.05) is 12.3 Å². The van der Waals surface area contributed by atoms with Crippen LogP contribution in [0.25, 0.3) is 0 Å². The molecule has 0 aliphatic heterocycles. The molecule has 0 spiro atoms. The van der Waals surface area contributed by atoms with E-state index in [1.54, 1.807) is 29.2 Å². The van der Waals surface area contributed by atoms with Gasteiger partial charge in [-0.25, -0.2) is 4.39 Å². The molecule has 1 N–H and O–H groups in total. The van der Waals surface area contributed by atoms with Crippen LogP contribution in [0.3, 0.4) is 0 Å². The van der Waals surface area contributed by atoms with Gasteiger partial charge in [0.15, 0.2) is 0 Å². The normalized spacial score (nSPS) is 11.7. The van der Waals surface area contributed by atoms with Crippen molar-refractivity contribution in [2.45, 2.75) is 31.7 Å². The van der Waals surface area contributed by atoms with Gasteiger partial charge in [-0.3, -0.25) is 9.59 Å². The topological polar surface area (TPSA) is 49.4 Å². The fraction of sp³-hybridized carbons (Fsp3) is 0.259. The number of benzene rings is 3. The second-order valence-corrected chi connectivity index (χ2v) is 9.81. The van der Waals surface area contributed by atoms with Crippen LogP contribution in [0.1, 0.15) is 23.6 Å². The van der Waals surface area contributed by atoms with E-state index in [4.69, 9.17) is 23.2 Å². The van der Waals surface area contributed by atoms with Crippen molar-refractivity contribution < 1.29 is 14.0 Å². The number of rotatable bonds is 11. The number of carbonyl (C=O) groups is 2. The van der Waals surface area contributed by atoms with Gasteiger partial charge in [-0.05, 0) is 47.9 Å². The van der Waals surface area contributed by atoms with E-state index in [0.29, 0.717) is 28.8 Å². The lowest BCUT2D eigenvalue weighted by molar-refractivity contribution is -0.139. The van der Waals surface area contributed by atoms with Crippen molar-refractivity contribution in [1.29, 1.82) is 0 Å². The number of nitrogens with zero attached hydrogens (tertiary/aromatic N) is 1. The van der Waals surface area contributed by atoms with Crippen LogP contribution in [-0.2, 0) is 28.3 Å². The average Bonchev–Trinajstić information content (AvgIpc) is 2.84. The van der Waals surface area contributed by atoms with Crippen molar-refractivity contribution in [3.8, 4) is 0 Å². The molecule has 1 atom stereocenters. The quantitative estimate of drug-likeness (QED) is 0.322. The summed E-state index contributed by atoms with van der Waals surface area (Å²) in [5.74, 6) is -0.0812. The van der Waals surface area contributed by atoms with E-state index in [-0.39, 0.29) is 29.9 Å². The van der Waals surface area contributed by atoms with E-state index in [1.807, 2.05) is 43.3 Å². The highest BCUT2D eigenvalue weighted by Gasteiger charge is 2.30. The Morgan fingerprint density at radius 2 is 1.71 bits per heavy atom. The van der Waals surface area contributed by atoms with Crippen LogP contribution in [0.4, 0.5) is 4.39 Å². The van der Waals surface area contributed by atoms with Crippen LogP contribution >= 0.6 is 35.0 Å². The summed E-state index contributed by atoms with van der Waals surface area (Å²) in [5, 5.41) is 3.96. The van der Waals surface area contributed by atoms with Gasteiger partial charge in [-0.1, -0.05) is 71.7 Å². The molecule has 0 aliphatic carbocycles. The summed E-state index contributed by atoms with van der Waals surface area (Å²) in [7, 11) is 0. The highest BCUT2D eigenvalue weighted by molar-refractivity contribution is 7.99. The third-order valence-electron chi connectivity index (χ3n) is 5.39. The molecule has 0 fully saturated rings. The molecular formula is C27H27Cl2FN2O2S. The summed E-state index contributed by atoms with van der Waals surface area (Å²) in [6.45, 7) is 2.48. The predicted molar refractivity (Wildman–Crippen MR) is 142 cm³/mol. The molecule has 0 radical (unpaired) electrons. The number of halogens is 3.